The van der Waals surface area contributed by atoms with E-state index in [-0.39, 0.29) is 5.91 Å². The number of nitrogens with one attached hydrogen (secondary N) is 1. The zero-order chi connectivity index (χ0) is 15.5. The molecule has 0 bridgehead atoms. The Morgan fingerprint density at radius 3 is 2.77 bits per heavy atom. The third-order valence-corrected chi connectivity index (χ3v) is 3.92. The first-order valence-corrected chi connectivity index (χ1v) is 7.67. The van der Waals surface area contributed by atoms with Gasteiger partial charge in [-0.3, -0.25) is 4.79 Å². The summed E-state index contributed by atoms with van der Waals surface area (Å²) >= 11 is 5.92. The van der Waals surface area contributed by atoms with Crippen molar-refractivity contribution in [3.8, 4) is 0 Å². The average Bonchev–Trinajstić information content (AvgIpc) is 3.01. The molecule has 1 fully saturated rings. The van der Waals surface area contributed by atoms with Crippen molar-refractivity contribution in [3.05, 3.63) is 46.7 Å². The molecule has 1 aliphatic heterocycles. The lowest BCUT2D eigenvalue weighted by molar-refractivity contribution is 0.102. The largest absolute Gasteiger partial charge is 0.341 e. The van der Waals surface area contributed by atoms with Crippen molar-refractivity contribution < 1.29 is 4.79 Å². The normalized spacial score (nSPS) is 14.2. The third kappa shape index (κ3) is 3.20. The van der Waals surface area contributed by atoms with Gasteiger partial charge in [-0.2, -0.15) is 0 Å². The minimum Gasteiger partial charge on any atom is -0.341 e. The molecular weight excluding hydrogens is 300 g/mol. The van der Waals surface area contributed by atoms with E-state index in [1.165, 1.54) is 12.8 Å². The van der Waals surface area contributed by atoms with Crippen molar-refractivity contribution in [3.63, 3.8) is 0 Å². The van der Waals surface area contributed by atoms with E-state index >= 15 is 0 Å². The Balaban J connectivity index is 1.77. The van der Waals surface area contributed by atoms with Crippen LogP contribution in [0.15, 0.2) is 30.5 Å². The van der Waals surface area contributed by atoms with Crippen LogP contribution in [0.3, 0.4) is 0 Å². The molecule has 1 amide bonds. The number of amides is 1. The van der Waals surface area contributed by atoms with Crippen LogP contribution < -0.4 is 10.2 Å². The van der Waals surface area contributed by atoms with Crippen LogP contribution in [-0.2, 0) is 0 Å². The number of benzene rings is 1. The van der Waals surface area contributed by atoms with E-state index in [1.54, 1.807) is 30.5 Å². The summed E-state index contributed by atoms with van der Waals surface area (Å²) in [5.74, 6) is 0.474. The van der Waals surface area contributed by atoms with Crippen LogP contribution in [0.2, 0.25) is 5.02 Å². The number of halogens is 1. The summed E-state index contributed by atoms with van der Waals surface area (Å²) in [5, 5.41) is 3.39. The second kappa shape index (κ2) is 6.32. The first-order chi connectivity index (χ1) is 10.6. The topological polar surface area (TPSA) is 58.1 Å². The van der Waals surface area contributed by atoms with Gasteiger partial charge in [-0.15, -0.1) is 0 Å². The Morgan fingerprint density at radius 1 is 1.32 bits per heavy atom. The van der Waals surface area contributed by atoms with Crippen molar-refractivity contribution in [1.82, 2.24) is 9.97 Å². The predicted octanol–water partition coefficient (Wildman–Crippen LogP) is 3.29. The minimum atomic E-state index is -0.229. The smallest absolute Gasteiger partial charge is 0.259 e. The molecule has 1 aromatic heterocycles. The van der Waals surface area contributed by atoms with Crippen LogP contribution in [-0.4, -0.2) is 29.0 Å². The van der Waals surface area contributed by atoms with Crippen molar-refractivity contribution in [1.29, 1.82) is 0 Å². The number of hydrogen-bond donors (Lipinski definition) is 1. The van der Waals surface area contributed by atoms with Gasteiger partial charge in [0.25, 0.3) is 5.91 Å². The maximum atomic E-state index is 12.3. The van der Waals surface area contributed by atoms with Crippen LogP contribution in [0.25, 0.3) is 0 Å². The fourth-order valence-corrected chi connectivity index (χ4v) is 2.70. The van der Waals surface area contributed by atoms with Gasteiger partial charge in [-0.1, -0.05) is 17.7 Å². The molecule has 114 valence electrons. The van der Waals surface area contributed by atoms with Crippen LogP contribution in [0, 0.1) is 6.92 Å². The summed E-state index contributed by atoms with van der Waals surface area (Å²) in [6, 6.07) is 7.04. The third-order valence-electron chi connectivity index (χ3n) is 3.68. The zero-order valence-electron chi connectivity index (χ0n) is 12.3. The minimum absolute atomic E-state index is 0.229. The van der Waals surface area contributed by atoms with E-state index in [9.17, 15) is 4.79 Å². The molecule has 0 spiro atoms. The quantitative estimate of drug-likeness (QED) is 0.944. The van der Waals surface area contributed by atoms with Crippen LogP contribution in [0.4, 0.5) is 11.6 Å². The van der Waals surface area contributed by atoms with Gasteiger partial charge in [-0.25, -0.2) is 9.97 Å². The molecule has 5 nitrogen and oxygen atoms in total. The highest BCUT2D eigenvalue weighted by Gasteiger charge is 2.18. The van der Waals surface area contributed by atoms with E-state index in [2.05, 4.69) is 20.2 Å². The summed E-state index contributed by atoms with van der Waals surface area (Å²) in [4.78, 5) is 23.3. The summed E-state index contributed by atoms with van der Waals surface area (Å²) in [7, 11) is 0. The Bertz CT molecular complexity index is 698. The van der Waals surface area contributed by atoms with Crippen molar-refractivity contribution in [2.45, 2.75) is 19.8 Å². The molecule has 1 N–H and O–H groups in total. The van der Waals surface area contributed by atoms with E-state index in [4.69, 9.17) is 11.6 Å². The van der Waals surface area contributed by atoms with Gasteiger partial charge in [0.05, 0.1) is 11.3 Å². The van der Waals surface area contributed by atoms with Gasteiger partial charge in [0.15, 0.2) is 0 Å². The molecule has 0 atom stereocenters. The first-order valence-electron chi connectivity index (χ1n) is 7.29. The molecule has 6 heteroatoms. The lowest BCUT2D eigenvalue weighted by atomic mass is 10.2. The number of nitrogens with zero attached hydrogens (tertiary/aromatic N) is 3. The highest BCUT2D eigenvalue weighted by Crippen LogP contribution is 2.19. The molecule has 0 unspecified atom stereocenters. The Kier molecular flexibility index (Phi) is 4.24. The van der Waals surface area contributed by atoms with Gasteiger partial charge in [0, 0.05) is 30.0 Å². The van der Waals surface area contributed by atoms with Crippen LogP contribution >= 0.6 is 11.6 Å². The molecule has 2 heterocycles. The molecule has 0 saturated carbocycles. The Labute approximate surface area is 134 Å². The van der Waals surface area contributed by atoms with E-state index < -0.39 is 0 Å². The molecular formula is C16H17ClN4O. The van der Waals surface area contributed by atoms with Crippen molar-refractivity contribution >= 4 is 29.1 Å². The maximum Gasteiger partial charge on any atom is 0.259 e. The zero-order valence-corrected chi connectivity index (χ0v) is 13.1. The number of aryl methyl sites for hydroxylation is 1. The standard InChI is InChI=1S/C16H17ClN4O/c1-11-14(10-18-16(19-11)21-7-2-3-8-21)15(22)20-13-6-4-5-12(17)9-13/h4-6,9-10H,2-3,7-8H2,1H3,(H,20,22). The van der Waals surface area contributed by atoms with Crippen molar-refractivity contribution in [2.75, 3.05) is 23.3 Å². The van der Waals surface area contributed by atoms with Gasteiger partial charge >= 0.3 is 0 Å². The van der Waals surface area contributed by atoms with Gasteiger partial charge in [-0.05, 0) is 38.0 Å². The fourth-order valence-electron chi connectivity index (χ4n) is 2.51. The highest BCUT2D eigenvalue weighted by molar-refractivity contribution is 6.30. The summed E-state index contributed by atoms with van der Waals surface area (Å²) in [5.41, 5.74) is 1.81. The van der Waals surface area contributed by atoms with E-state index in [1.807, 2.05) is 6.92 Å². The molecule has 3 rings (SSSR count). The Hall–Kier alpha value is -2.14. The lowest BCUT2D eigenvalue weighted by Gasteiger charge is -2.16. The molecule has 0 radical (unpaired) electrons. The van der Waals surface area contributed by atoms with Gasteiger partial charge in [0.2, 0.25) is 5.95 Å². The second-order valence-electron chi connectivity index (χ2n) is 5.33. The number of aromatic nitrogens is 2. The van der Waals surface area contributed by atoms with Gasteiger partial charge < -0.3 is 10.2 Å². The summed E-state index contributed by atoms with van der Waals surface area (Å²) < 4.78 is 0. The molecule has 1 aliphatic rings. The first kappa shape index (κ1) is 14.8. The fraction of sp³-hybridized carbons (Fsp3) is 0.312. The Morgan fingerprint density at radius 2 is 2.09 bits per heavy atom. The number of anilines is 2. The molecule has 2 aromatic rings. The van der Waals surface area contributed by atoms with Crippen LogP contribution in [0.5, 0.6) is 0 Å². The number of hydrogen-bond acceptors (Lipinski definition) is 4. The molecule has 1 aromatic carbocycles. The van der Waals surface area contributed by atoms with Gasteiger partial charge in [0.1, 0.15) is 0 Å². The second-order valence-corrected chi connectivity index (χ2v) is 5.76. The summed E-state index contributed by atoms with van der Waals surface area (Å²) in [6.45, 7) is 3.79. The molecule has 0 aliphatic carbocycles. The summed E-state index contributed by atoms with van der Waals surface area (Å²) in [6.07, 6.45) is 3.93. The van der Waals surface area contributed by atoms with E-state index in [0.29, 0.717) is 27.9 Å². The van der Waals surface area contributed by atoms with Crippen LogP contribution in [0.1, 0.15) is 28.9 Å². The number of carbonyl (C=O) groups is 1. The van der Waals surface area contributed by atoms with Crippen molar-refractivity contribution in [2.24, 2.45) is 0 Å². The maximum absolute atomic E-state index is 12.3. The van der Waals surface area contributed by atoms with E-state index in [0.717, 1.165) is 13.1 Å². The lowest BCUT2D eigenvalue weighted by Crippen LogP contribution is -2.22. The SMILES string of the molecule is Cc1nc(N2CCCC2)ncc1C(=O)Nc1cccc(Cl)c1. The highest BCUT2D eigenvalue weighted by atomic mass is 35.5. The number of carbonyl (C=O) groups excluding carboxylic acids is 1. The number of rotatable bonds is 3. The average molecular weight is 317 g/mol. The molecule has 22 heavy (non-hydrogen) atoms. The monoisotopic (exact) mass is 316 g/mol. The predicted molar refractivity (Wildman–Crippen MR) is 87.6 cm³/mol. The molecule has 1 saturated heterocycles.